The summed E-state index contributed by atoms with van der Waals surface area (Å²) in [6.45, 7) is 9.94. The highest BCUT2D eigenvalue weighted by Crippen LogP contribution is 2.36. The van der Waals surface area contributed by atoms with E-state index in [9.17, 15) is 4.79 Å². The molecule has 1 aliphatic rings. The Bertz CT molecular complexity index is 1130. The molecule has 3 aromatic rings. The zero-order valence-electron chi connectivity index (χ0n) is 21.1. The third-order valence-corrected chi connectivity index (χ3v) is 6.93. The number of hydrogen-bond acceptors (Lipinski definition) is 5. The van der Waals surface area contributed by atoms with Gasteiger partial charge in [0.1, 0.15) is 0 Å². The van der Waals surface area contributed by atoms with Gasteiger partial charge in [0.25, 0.3) is 0 Å². The maximum absolute atomic E-state index is 12.5. The first-order chi connectivity index (χ1) is 16.7. The first kappa shape index (κ1) is 25.2. The van der Waals surface area contributed by atoms with Gasteiger partial charge >= 0.3 is 7.12 Å². The van der Waals surface area contributed by atoms with Gasteiger partial charge < -0.3 is 19.9 Å². The van der Waals surface area contributed by atoms with Crippen LogP contribution in [0.4, 0.5) is 0 Å². The van der Waals surface area contributed by atoms with Crippen LogP contribution in [0.25, 0.3) is 0 Å². The Labute approximate surface area is 208 Å². The number of carbonyl (C=O) groups excluding carboxylic acids is 1. The smallest absolute Gasteiger partial charge is 0.399 e. The normalized spacial score (nSPS) is 16.4. The lowest BCUT2D eigenvalue weighted by atomic mass is 9.82. The van der Waals surface area contributed by atoms with Crippen LogP contribution in [0.2, 0.25) is 0 Å². The van der Waals surface area contributed by atoms with Gasteiger partial charge in [-0.2, -0.15) is 5.10 Å². The summed E-state index contributed by atoms with van der Waals surface area (Å²) in [6.07, 6.45) is 4.57. The van der Waals surface area contributed by atoms with Gasteiger partial charge in [-0.05, 0) is 50.8 Å². The topological polar surface area (TPSA) is 82.6 Å². The summed E-state index contributed by atoms with van der Waals surface area (Å²) in [6, 6.07) is 18.4. The minimum atomic E-state index is -0.430. The maximum Gasteiger partial charge on any atom is 0.498 e. The fraction of sp³-hybridized carbons (Fsp3) is 0.407. The molecular weight excluding hydrogens is 439 g/mol. The van der Waals surface area contributed by atoms with Crippen molar-refractivity contribution in [3.63, 3.8) is 0 Å². The Morgan fingerprint density at radius 1 is 1.00 bits per heavy atom. The number of aromatic nitrogens is 2. The molecule has 0 bridgehead atoms. The SMILES string of the molecule is CC1(C)OB(c2cnn(Cc3cccc(CN(CCc4ccccc4)C(=O)CN)c3)c2)OC1(C)C. The molecule has 0 radical (unpaired) electrons. The molecule has 0 unspecified atom stereocenters. The summed E-state index contributed by atoms with van der Waals surface area (Å²) in [5.41, 5.74) is 9.19. The number of nitrogens with zero attached hydrogens (tertiary/aromatic N) is 3. The summed E-state index contributed by atoms with van der Waals surface area (Å²) in [5, 5.41) is 4.52. The lowest BCUT2D eigenvalue weighted by molar-refractivity contribution is -0.130. The van der Waals surface area contributed by atoms with Gasteiger partial charge in [-0.1, -0.05) is 54.6 Å². The third kappa shape index (κ3) is 6.01. The number of carbonyl (C=O) groups is 1. The average molecular weight is 474 g/mol. The summed E-state index contributed by atoms with van der Waals surface area (Å²) in [7, 11) is -0.430. The third-order valence-electron chi connectivity index (χ3n) is 6.93. The molecule has 1 aliphatic heterocycles. The van der Waals surface area contributed by atoms with E-state index in [1.807, 2.05) is 73.8 Å². The fourth-order valence-electron chi connectivity index (χ4n) is 4.13. The molecule has 2 aromatic carbocycles. The largest absolute Gasteiger partial charge is 0.498 e. The van der Waals surface area contributed by atoms with E-state index >= 15 is 0 Å². The second-order valence-electron chi connectivity index (χ2n) is 10.1. The summed E-state index contributed by atoms with van der Waals surface area (Å²) < 4.78 is 14.2. The van der Waals surface area contributed by atoms with E-state index in [1.54, 1.807) is 6.20 Å². The van der Waals surface area contributed by atoms with Crippen LogP contribution in [0.5, 0.6) is 0 Å². The maximum atomic E-state index is 12.5. The van der Waals surface area contributed by atoms with Crippen molar-refractivity contribution in [2.45, 2.75) is 58.4 Å². The predicted octanol–water partition coefficient (Wildman–Crippen LogP) is 2.76. The van der Waals surface area contributed by atoms with E-state index in [2.05, 4.69) is 29.4 Å². The molecule has 4 rings (SSSR count). The van der Waals surface area contributed by atoms with Crippen LogP contribution in [0, 0.1) is 0 Å². The van der Waals surface area contributed by atoms with Gasteiger partial charge in [-0.3, -0.25) is 9.48 Å². The van der Waals surface area contributed by atoms with Crippen molar-refractivity contribution in [2.24, 2.45) is 5.73 Å². The molecule has 1 saturated heterocycles. The van der Waals surface area contributed by atoms with Crippen molar-refractivity contribution in [2.75, 3.05) is 13.1 Å². The van der Waals surface area contributed by atoms with E-state index in [0.717, 1.165) is 23.0 Å². The molecule has 2 N–H and O–H groups in total. The molecular formula is C27H35BN4O3. The average Bonchev–Trinajstić information content (AvgIpc) is 3.38. The van der Waals surface area contributed by atoms with Gasteiger partial charge in [-0.25, -0.2) is 0 Å². The molecule has 8 heteroatoms. The number of nitrogens with two attached hydrogens (primary N) is 1. The first-order valence-electron chi connectivity index (χ1n) is 12.1. The van der Waals surface area contributed by atoms with Crippen molar-refractivity contribution < 1.29 is 14.1 Å². The molecule has 1 aromatic heterocycles. The minimum absolute atomic E-state index is 0.00344. The summed E-state index contributed by atoms with van der Waals surface area (Å²) in [5.74, 6) is -0.0505. The Balaban J connectivity index is 1.41. The number of rotatable bonds is 9. The molecule has 1 amide bonds. The fourth-order valence-corrected chi connectivity index (χ4v) is 4.13. The van der Waals surface area contributed by atoms with E-state index in [-0.39, 0.29) is 23.7 Å². The van der Waals surface area contributed by atoms with Crippen molar-refractivity contribution in [1.82, 2.24) is 14.7 Å². The van der Waals surface area contributed by atoms with Crippen LogP contribution in [-0.4, -0.2) is 52.0 Å². The summed E-state index contributed by atoms with van der Waals surface area (Å²) in [4.78, 5) is 14.3. The van der Waals surface area contributed by atoms with Crippen molar-refractivity contribution >= 4 is 18.5 Å². The quantitative estimate of drug-likeness (QED) is 0.483. The zero-order chi connectivity index (χ0) is 25.1. The highest BCUT2D eigenvalue weighted by atomic mass is 16.7. The molecule has 184 valence electrons. The Morgan fingerprint density at radius 2 is 1.66 bits per heavy atom. The molecule has 0 atom stereocenters. The monoisotopic (exact) mass is 474 g/mol. The Hall–Kier alpha value is -2.94. The zero-order valence-corrected chi connectivity index (χ0v) is 21.1. The lowest BCUT2D eigenvalue weighted by Gasteiger charge is -2.32. The second kappa shape index (κ2) is 10.4. The van der Waals surface area contributed by atoms with Crippen LogP contribution in [0.3, 0.4) is 0 Å². The molecule has 1 fully saturated rings. The Kier molecular flexibility index (Phi) is 7.45. The standard InChI is InChI=1S/C27H35BN4O3/c1-26(2)27(3,4)35-28(34-26)24-17-30-32(20-24)19-23-12-8-11-22(15-23)18-31(25(33)16-29)14-13-21-9-6-5-7-10-21/h5-12,15,17,20H,13-14,16,18-19,29H2,1-4H3. The second-order valence-corrected chi connectivity index (χ2v) is 10.1. The highest BCUT2D eigenvalue weighted by molar-refractivity contribution is 6.62. The molecule has 7 nitrogen and oxygen atoms in total. The number of amides is 1. The molecule has 0 saturated carbocycles. The van der Waals surface area contributed by atoms with Gasteiger partial charge in [0.05, 0.1) is 24.3 Å². The minimum Gasteiger partial charge on any atom is -0.399 e. The van der Waals surface area contributed by atoms with Crippen LogP contribution in [-0.2, 0) is 33.6 Å². The van der Waals surface area contributed by atoms with E-state index in [4.69, 9.17) is 15.0 Å². The molecule has 2 heterocycles. The lowest BCUT2D eigenvalue weighted by Crippen LogP contribution is -2.41. The predicted molar refractivity (Wildman–Crippen MR) is 138 cm³/mol. The van der Waals surface area contributed by atoms with E-state index in [1.165, 1.54) is 5.56 Å². The van der Waals surface area contributed by atoms with Crippen molar-refractivity contribution in [1.29, 1.82) is 0 Å². The molecule has 0 spiro atoms. The van der Waals surface area contributed by atoms with Gasteiger partial charge in [0.15, 0.2) is 0 Å². The highest BCUT2D eigenvalue weighted by Gasteiger charge is 2.52. The number of benzene rings is 2. The Morgan fingerprint density at radius 3 is 2.34 bits per heavy atom. The van der Waals surface area contributed by atoms with Crippen LogP contribution < -0.4 is 11.2 Å². The van der Waals surface area contributed by atoms with Gasteiger partial charge in [-0.15, -0.1) is 0 Å². The van der Waals surface area contributed by atoms with Crippen LogP contribution >= 0.6 is 0 Å². The van der Waals surface area contributed by atoms with Gasteiger partial charge in [0.2, 0.25) is 5.91 Å². The first-order valence-corrected chi connectivity index (χ1v) is 12.1. The van der Waals surface area contributed by atoms with E-state index < -0.39 is 7.12 Å². The van der Waals surface area contributed by atoms with Crippen molar-refractivity contribution in [3.8, 4) is 0 Å². The molecule has 0 aliphatic carbocycles. The summed E-state index contributed by atoms with van der Waals surface area (Å²) >= 11 is 0. The van der Waals surface area contributed by atoms with E-state index in [0.29, 0.717) is 19.6 Å². The van der Waals surface area contributed by atoms with Gasteiger partial charge in [0, 0.05) is 30.9 Å². The number of hydrogen-bond donors (Lipinski definition) is 1. The van der Waals surface area contributed by atoms with Crippen LogP contribution in [0.1, 0.15) is 44.4 Å². The van der Waals surface area contributed by atoms with Crippen molar-refractivity contribution in [3.05, 3.63) is 83.7 Å². The molecule has 35 heavy (non-hydrogen) atoms. The van der Waals surface area contributed by atoms with Crippen LogP contribution in [0.15, 0.2) is 67.0 Å².